The largest absolute Gasteiger partial charge is 0.336 e. The highest BCUT2D eigenvalue weighted by molar-refractivity contribution is 5.85. The van der Waals surface area contributed by atoms with Gasteiger partial charge in [-0.25, -0.2) is 0 Å². The van der Waals surface area contributed by atoms with E-state index in [1.807, 2.05) is 56.3 Å². The van der Waals surface area contributed by atoms with Crippen LogP contribution in [-0.4, -0.2) is 16.9 Å². The third kappa shape index (κ3) is 3.90. The quantitative estimate of drug-likeness (QED) is 0.483. The van der Waals surface area contributed by atoms with Gasteiger partial charge in [0, 0.05) is 25.1 Å². The van der Waals surface area contributed by atoms with Crippen molar-refractivity contribution in [2.45, 2.75) is 32.6 Å². The molecule has 0 radical (unpaired) electrons. The van der Waals surface area contributed by atoms with Gasteiger partial charge in [-0.2, -0.15) is 5.26 Å². The highest BCUT2D eigenvalue weighted by Crippen LogP contribution is 2.37. The van der Waals surface area contributed by atoms with Crippen LogP contribution in [0.1, 0.15) is 37.6 Å². The number of hydrogen-bond acceptors (Lipinski definition) is 4. The number of nitrogens with zero attached hydrogens (tertiary/aromatic N) is 4. The first-order chi connectivity index (χ1) is 15.3. The SMILES string of the molecule is C=C1N(C)C=C(c2cc(-c3cccc(CC)c3)ccn2)N1c1ccc(C(C)(C)C#N)cc1. The standard InChI is InChI=1S/C28H28N4/c1-6-21-8-7-9-22(16-21)23-14-15-30-26(17-23)27-18-31(5)20(2)32(27)25-12-10-24(11-13-25)28(3,4)19-29/h7-18H,2,6H2,1,3-5H3. The van der Waals surface area contributed by atoms with Crippen molar-refractivity contribution in [1.82, 2.24) is 9.88 Å². The molecule has 1 aliphatic rings. The van der Waals surface area contributed by atoms with Crippen LogP contribution in [0, 0.1) is 11.3 Å². The van der Waals surface area contributed by atoms with Gasteiger partial charge in [-0.3, -0.25) is 9.88 Å². The Morgan fingerprint density at radius 3 is 2.44 bits per heavy atom. The summed E-state index contributed by atoms with van der Waals surface area (Å²) < 4.78 is 0. The maximum absolute atomic E-state index is 9.45. The van der Waals surface area contributed by atoms with Crippen LogP contribution in [-0.2, 0) is 11.8 Å². The van der Waals surface area contributed by atoms with E-state index in [0.717, 1.165) is 40.4 Å². The lowest BCUT2D eigenvalue weighted by Gasteiger charge is -2.25. The molecule has 2 aromatic carbocycles. The molecule has 0 spiro atoms. The molecule has 0 saturated carbocycles. The first-order valence-electron chi connectivity index (χ1n) is 10.9. The van der Waals surface area contributed by atoms with E-state index in [1.54, 1.807) is 0 Å². The summed E-state index contributed by atoms with van der Waals surface area (Å²) in [4.78, 5) is 8.80. The van der Waals surface area contributed by atoms with Crippen molar-refractivity contribution in [2.75, 3.05) is 11.9 Å². The Kier molecular flexibility index (Phi) is 5.59. The van der Waals surface area contributed by atoms with Crippen LogP contribution in [0.5, 0.6) is 0 Å². The molecule has 0 atom stereocenters. The minimum Gasteiger partial charge on any atom is -0.336 e. The molecular weight excluding hydrogens is 392 g/mol. The van der Waals surface area contributed by atoms with Gasteiger partial charge in [-0.05, 0) is 66.8 Å². The zero-order valence-electron chi connectivity index (χ0n) is 19.1. The minimum absolute atomic E-state index is 0.529. The van der Waals surface area contributed by atoms with Gasteiger partial charge in [0.1, 0.15) is 5.82 Å². The number of rotatable bonds is 5. The van der Waals surface area contributed by atoms with Crippen molar-refractivity contribution in [3.63, 3.8) is 0 Å². The van der Waals surface area contributed by atoms with E-state index in [2.05, 4.69) is 72.1 Å². The number of benzene rings is 2. The summed E-state index contributed by atoms with van der Waals surface area (Å²) in [5.74, 6) is 0.854. The molecule has 0 amide bonds. The van der Waals surface area contributed by atoms with Crippen LogP contribution in [0.15, 0.2) is 85.5 Å². The molecule has 4 rings (SSSR count). The fourth-order valence-electron chi connectivity index (χ4n) is 3.89. The molecular formula is C28H28N4. The third-order valence-corrected chi connectivity index (χ3v) is 6.04. The van der Waals surface area contributed by atoms with Crippen LogP contribution >= 0.6 is 0 Å². The van der Waals surface area contributed by atoms with Gasteiger partial charge >= 0.3 is 0 Å². The normalized spacial score (nSPS) is 13.8. The van der Waals surface area contributed by atoms with Crippen molar-refractivity contribution in [3.8, 4) is 17.2 Å². The van der Waals surface area contributed by atoms with Crippen molar-refractivity contribution in [3.05, 3.63) is 102 Å². The van der Waals surface area contributed by atoms with E-state index >= 15 is 0 Å². The molecule has 0 unspecified atom stereocenters. The Morgan fingerprint density at radius 2 is 1.75 bits per heavy atom. The van der Waals surface area contributed by atoms with E-state index in [4.69, 9.17) is 0 Å². The smallest absolute Gasteiger partial charge is 0.110 e. The van der Waals surface area contributed by atoms with Gasteiger partial charge in [-0.1, -0.05) is 49.9 Å². The van der Waals surface area contributed by atoms with Crippen LogP contribution in [0.2, 0.25) is 0 Å². The van der Waals surface area contributed by atoms with E-state index in [-0.39, 0.29) is 0 Å². The van der Waals surface area contributed by atoms with E-state index in [1.165, 1.54) is 11.1 Å². The Labute approximate surface area is 190 Å². The van der Waals surface area contributed by atoms with Crippen LogP contribution in [0.4, 0.5) is 5.69 Å². The summed E-state index contributed by atoms with van der Waals surface area (Å²) >= 11 is 0. The van der Waals surface area contributed by atoms with Crippen LogP contribution in [0.3, 0.4) is 0 Å². The Bertz CT molecular complexity index is 1230. The summed E-state index contributed by atoms with van der Waals surface area (Å²) in [5.41, 5.74) is 6.95. The van der Waals surface area contributed by atoms with Crippen molar-refractivity contribution < 1.29 is 0 Å². The Balaban J connectivity index is 1.72. The van der Waals surface area contributed by atoms with Crippen LogP contribution in [0.25, 0.3) is 16.8 Å². The monoisotopic (exact) mass is 420 g/mol. The molecule has 1 aliphatic heterocycles. The lowest BCUT2D eigenvalue weighted by Crippen LogP contribution is -2.21. The molecule has 2 heterocycles. The highest BCUT2D eigenvalue weighted by Gasteiger charge is 2.27. The van der Waals surface area contributed by atoms with E-state index in [0.29, 0.717) is 0 Å². The fourth-order valence-corrected chi connectivity index (χ4v) is 3.89. The second-order valence-corrected chi connectivity index (χ2v) is 8.64. The lowest BCUT2D eigenvalue weighted by molar-refractivity contribution is 0.587. The summed E-state index contributed by atoms with van der Waals surface area (Å²) in [6.45, 7) is 10.3. The average Bonchev–Trinajstić information content (AvgIpc) is 3.13. The van der Waals surface area contributed by atoms with Gasteiger partial charge in [0.2, 0.25) is 0 Å². The third-order valence-electron chi connectivity index (χ3n) is 6.04. The molecule has 4 heteroatoms. The molecule has 0 saturated heterocycles. The average molecular weight is 421 g/mol. The zero-order chi connectivity index (χ0) is 22.9. The fraction of sp³-hybridized carbons (Fsp3) is 0.214. The molecule has 160 valence electrons. The van der Waals surface area contributed by atoms with Gasteiger partial charge in [0.15, 0.2) is 0 Å². The van der Waals surface area contributed by atoms with Gasteiger partial charge in [-0.15, -0.1) is 0 Å². The second-order valence-electron chi connectivity index (χ2n) is 8.64. The molecule has 3 aromatic rings. The molecule has 0 N–H and O–H groups in total. The maximum atomic E-state index is 9.45. The van der Waals surface area contributed by atoms with Gasteiger partial charge < -0.3 is 4.90 Å². The molecule has 32 heavy (non-hydrogen) atoms. The maximum Gasteiger partial charge on any atom is 0.110 e. The van der Waals surface area contributed by atoms with Crippen molar-refractivity contribution >= 4 is 11.4 Å². The van der Waals surface area contributed by atoms with Crippen molar-refractivity contribution in [2.24, 2.45) is 0 Å². The van der Waals surface area contributed by atoms with Gasteiger partial charge in [0.05, 0.1) is 22.9 Å². The molecule has 1 aromatic heterocycles. The molecule has 0 bridgehead atoms. The lowest BCUT2D eigenvalue weighted by atomic mass is 9.86. The first kappa shape index (κ1) is 21.4. The number of aryl methyl sites for hydroxylation is 1. The summed E-state index contributed by atoms with van der Waals surface area (Å²) in [6, 6.07) is 23.3. The van der Waals surface area contributed by atoms with Crippen LogP contribution < -0.4 is 4.90 Å². The number of pyridine rings is 1. The minimum atomic E-state index is -0.529. The number of hydrogen-bond donors (Lipinski definition) is 0. The molecule has 0 aliphatic carbocycles. The van der Waals surface area contributed by atoms with E-state index in [9.17, 15) is 5.26 Å². The first-order valence-corrected chi connectivity index (χ1v) is 10.9. The summed E-state index contributed by atoms with van der Waals surface area (Å²) in [7, 11) is 1.99. The molecule has 4 nitrogen and oxygen atoms in total. The van der Waals surface area contributed by atoms with Gasteiger partial charge in [0.25, 0.3) is 0 Å². The predicted molar refractivity (Wildman–Crippen MR) is 131 cm³/mol. The van der Waals surface area contributed by atoms with Crippen molar-refractivity contribution in [1.29, 1.82) is 5.26 Å². The Morgan fingerprint density at radius 1 is 1.03 bits per heavy atom. The second kappa shape index (κ2) is 8.36. The summed E-state index contributed by atoms with van der Waals surface area (Å²) in [6.07, 6.45) is 4.93. The highest BCUT2D eigenvalue weighted by atomic mass is 15.4. The number of aromatic nitrogens is 1. The summed E-state index contributed by atoms with van der Waals surface area (Å²) in [5, 5.41) is 9.45. The number of nitriles is 1. The Hall–Kier alpha value is -3.84. The number of anilines is 1. The predicted octanol–water partition coefficient (Wildman–Crippen LogP) is 6.33. The molecule has 0 fully saturated rings. The van der Waals surface area contributed by atoms with E-state index < -0.39 is 5.41 Å². The topological polar surface area (TPSA) is 43.2 Å². The zero-order valence-corrected chi connectivity index (χ0v) is 19.1.